The first-order valence-corrected chi connectivity index (χ1v) is 12.2. The number of amides is 1. The van der Waals surface area contributed by atoms with Crippen LogP contribution in [0, 0.1) is 6.92 Å². The second kappa shape index (κ2) is 11.0. The maximum Gasteiger partial charge on any atom is 0.573 e. The number of hydrogen-bond donors (Lipinski definition) is 1. The number of thioether (sulfide) groups is 1. The fourth-order valence-corrected chi connectivity index (χ4v) is 4.75. The molecule has 0 unspecified atom stereocenters. The number of rotatable bonds is 8. The fraction of sp³-hybridized carbons (Fsp3) is 0.167. The molecular formula is C24H19F3N4O3S2. The molecule has 4 rings (SSSR count). The van der Waals surface area contributed by atoms with Crippen LogP contribution in [0.4, 0.5) is 18.9 Å². The van der Waals surface area contributed by atoms with Crippen LogP contribution in [0.1, 0.15) is 5.69 Å². The van der Waals surface area contributed by atoms with E-state index in [1.807, 2.05) is 37.3 Å². The number of anilines is 1. The molecule has 36 heavy (non-hydrogen) atoms. The highest BCUT2D eigenvalue weighted by Crippen LogP contribution is 2.35. The van der Waals surface area contributed by atoms with Gasteiger partial charge < -0.3 is 14.8 Å². The Morgan fingerprint density at radius 1 is 1.06 bits per heavy atom. The summed E-state index contributed by atoms with van der Waals surface area (Å²) in [6.07, 6.45) is -4.77. The predicted octanol–water partition coefficient (Wildman–Crippen LogP) is 6.21. The van der Waals surface area contributed by atoms with Crippen molar-refractivity contribution in [2.24, 2.45) is 0 Å². The Bertz CT molecular complexity index is 1340. The van der Waals surface area contributed by atoms with Gasteiger partial charge in [0.1, 0.15) is 27.2 Å². The standard InChI is InChI=1S/C24H19F3N4O3S2/c1-14-22(36-23(28-14)15-4-3-5-18(12-15)33-2)19-10-11-21(31-30-19)35-13-20(32)29-16-6-8-17(9-7-16)34-24(25,26)27/h3-12H,13H2,1-2H3,(H,29,32). The molecule has 0 fully saturated rings. The summed E-state index contributed by atoms with van der Waals surface area (Å²) >= 11 is 2.69. The van der Waals surface area contributed by atoms with Gasteiger partial charge in [0.15, 0.2) is 0 Å². The van der Waals surface area contributed by atoms with E-state index in [4.69, 9.17) is 4.74 Å². The molecule has 0 spiro atoms. The summed E-state index contributed by atoms with van der Waals surface area (Å²) in [6.45, 7) is 1.91. The molecule has 0 atom stereocenters. The number of thiazole rings is 1. The largest absolute Gasteiger partial charge is 0.573 e. The van der Waals surface area contributed by atoms with E-state index >= 15 is 0 Å². The number of benzene rings is 2. The quantitative estimate of drug-likeness (QED) is 0.270. The number of methoxy groups -OCH3 is 1. The molecule has 2 heterocycles. The third-order valence-electron chi connectivity index (χ3n) is 4.71. The average Bonchev–Trinajstić information content (AvgIpc) is 3.25. The van der Waals surface area contributed by atoms with E-state index < -0.39 is 6.36 Å². The number of nitrogens with zero attached hydrogens (tertiary/aromatic N) is 3. The van der Waals surface area contributed by atoms with Gasteiger partial charge in [-0.2, -0.15) is 0 Å². The van der Waals surface area contributed by atoms with Gasteiger partial charge in [0.05, 0.1) is 23.4 Å². The zero-order valence-corrected chi connectivity index (χ0v) is 20.6. The number of carbonyl (C=O) groups is 1. The SMILES string of the molecule is COc1cccc(-c2nc(C)c(-c3ccc(SCC(=O)Nc4ccc(OC(F)(F)F)cc4)nn3)s2)c1. The van der Waals surface area contributed by atoms with Crippen molar-refractivity contribution in [2.75, 3.05) is 18.2 Å². The lowest BCUT2D eigenvalue weighted by atomic mass is 10.2. The highest BCUT2D eigenvalue weighted by atomic mass is 32.2. The smallest absolute Gasteiger partial charge is 0.497 e. The van der Waals surface area contributed by atoms with Crippen LogP contribution in [0.15, 0.2) is 65.7 Å². The summed E-state index contributed by atoms with van der Waals surface area (Å²) in [7, 11) is 1.62. The van der Waals surface area contributed by atoms with Crippen LogP contribution in [0.3, 0.4) is 0 Å². The first-order valence-electron chi connectivity index (χ1n) is 10.4. The van der Waals surface area contributed by atoms with E-state index in [9.17, 15) is 18.0 Å². The molecule has 0 aliphatic heterocycles. The molecule has 0 radical (unpaired) electrons. The molecule has 0 saturated carbocycles. The topological polar surface area (TPSA) is 86.2 Å². The summed E-state index contributed by atoms with van der Waals surface area (Å²) in [5.74, 6) is 0.0993. The molecule has 0 bridgehead atoms. The number of nitrogens with one attached hydrogen (secondary N) is 1. The maximum atomic E-state index is 12.2. The van der Waals surface area contributed by atoms with Gasteiger partial charge in [0.2, 0.25) is 5.91 Å². The number of alkyl halides is 3. The van der Waals surface area contributed by atoms with Crippen molar-refractivity contribution in [1.82, 2.24) is 15.2 Å². The molecule has 1 amide bonds. The molecule has 0 saturated heterocycles. The Morgan fingerprint density at radius 3 is 2.50 bits per heavy atom. The van der Waals surface area contributed by atoms with Gasteiger partial charge >= 0.3 is 6.36 Å². The summed E-state index contributed by atoms with van der Waals surface area (Å²) in [6, 6.07) is 16.2. The number of ether oxygens (including phenoxy) is 2. The number of halogens is 3. The molecule has 1 N–H and O–H groups in total. The van der Waals surface area contributed by atoms with Gasteiger partial charge in [-0.1, -0.05) is 23.9 Å². The molecule has 7 nitrogen and oxygen atoms in total. The van der Waals surface area contributed by atoms with Gasteiger partial charge in [-0.05, 0) is 55.5 Å². The number of aryl methyl sites for hydroxylation is 1. The zero-order valence-electron chi connectivity index (χ0n) is 19.0. The maximum absolute atomic E-state index is 12.2. The van der Waals surface area contributed by atoms with E-state index in [1.54, 1.807) is 13.2 Å². The Hall–Kier alpha value is -3.64. The van der Waals surface area contributed by atoms with Crippen molar-refractivity contribution in [3.63, 3.8) is 0 Å². The molecule has 2 aromatic heterocycles. The minimum atomic E-state index is -4.77. The third kappa shape index (κ3) is 6.73. The van der Waals surface area contributed by atoms with Crippen LogP contribution in [0.25, 0.3) is 21.1 Å². The summed E-state index contributed by atoms with van der Waals surface area (Å²) in [5, 5.41) is 12.5. The lowest BCUT2D eigenvalue weighted by Crippen LogP contribution is -2.17. The van der Waals surface area contributed by atoms with Crippen molar-refractivity contribution in [2.45, 2.75) is 18.3 Å². The summed E-state index contributed by atoms with van der Waals surface area (Å²) in [5.41, 5.74) is 2.80. The van der Waals surface area contributed by atoms with Crippen LogP contribution in [0.2, 0.25) is 0 Å². The lowest BCUT2D eigenvalue weighted by molar-refractivity contribution is -0.274. The van der Waals surface area contributed by atoms with Crippen LogP contribution in [-0.4, -0.2) is 40.3 Å². The lowest BCUT2D eigenvalue weighted by Gasteiger charge is -2.09. The van der Waals surface area contributed by atoms with E-state index in [0.717, 1.165) is 39.0 Å². The van der Waals surface area contributed by atoms with Gasteiger partial charge in [0, 0.05) is 11.3 Å². The summed E-state index contributed by atoms with van der Waals surface area (Å²) in [4.78, 5) is 17.8. The van der Waals surface area contributed by atoms with Crippen molar-refractivity contribution in [1.29, 1.82) is 0 Å². The van der Waals surface area contributed by atoms with Crippen molar-refractivity contribution in [3.05, 3.63) is 66.4 Å². The van der Waals surface area contributed by atoms with E-state index in [2.05, 4.69) is 25.2 Å². The van der Waals surface area contributed by atoms with Gasteiger partial charge in [-0.15, -0.1) is 34.7 Å². The normalized spacial score (nSPS) is 11.2. The van der Waals surface area contributed by atoms with Crippen LogP contribution >= 0.6 is 23.1 Å². The average molecular weight is 533 g/mol. The van der Waals surface area contributed by atoms with E-state index in [-0.39, 0.29) is 17.4 Å². The minimum absolute atomic E-state index is 0.0500. The number of aromatic nitrogens is 3. The number of hydrogen-bond acceptors (Lipinski definition) is 8. The van der Waals surface area contributed by atoms with Crippen LogP contribution in [0.5, 0.6) is 11.5 Å². The number of carbonyl (C=O) groups excluding carboxylic acids is 1. The molecular weight excluding hydrogens is 513 g/mol. The van der Waals surface area contributed by atoms with Crippen LogP contribution < -0.4 is 14.8 Å². The molecule has 0 aliphatic carbocycles. The minimum Gasteiger partial charge on any atom is -0.497 e. The Labute approximate surface area is 212 Å². The van der Waals surface area contributed by atoms with E-state index in [1.165, 1.54) is 35.2 Å². The first-order chi connectivity index (χ1) is 17.2. The Balaban J connectivity index is 1.34. The van der Waals surface area contributed by atoms with E-state index in [0.29, 0.717) is 16.4 Å². The fourth-order valence-electron chi connectivity index (χ4n) is 3.11. The third-order valence-corrected chi connectivity index (χ3v) is 6.86. The second-order valence-electron chi connectivity index (χ2n) is 7.33. The molecule has 12 heteroatoms. The Morgan fingerprint density at radius 2 is 1.83 bits per heavy atom. The van der Waals surface area contributed by atoms with Crippen molar-refractivity contribution >= 4 is 34.7 Å². The molecule has 0 aliphatic rings. The molecule has 4 aromatic rings. The monoisotopic (exact) mass is 532 g/mol. The molecule has 2 aromatic carbocycles. The Kier molecular flexibility index (Phi) is 7.75. The van der Waals surface area contributed by atoms with Crippen molar-refractivity contribution < 1.29 is 27.4 Å². The van der Waals surface area contributed by atoms with Gasteiger partial charge in [0.25, 0.3) is 0 Å². The highest BCUT2D eigenvalue weighted by Gasteiger charge is 2.31. The highest BCUT2D eigenvalue weighted by molar-refractivity contribution is 7.99. The summed E-state index contributed by atoms with van der Waals surface area (Å²) < 4.78 is 45.8. The van der Waals surface area contributed by atoms with Crippen LogP contribution in [-0.2, 0) is 4.79 Å². The predicted molar refractivity (Wildman–Crippen MR) is 132 cm³/mol. The van der Waals surface area contributed by atoms with Crippen molar-refractivity contribution in [3.8, 4) is 32.6 Å². The van der Waals surface area contributed by atoms with Gasteiger partial charge in [-0.3, -0.25) is 4.79 Å². The second-order valence-corrected chi connectivity index (χ2v) is 9.33. The molecule has 186 valence electrons. The first kappa shape index (κ1) is 25.5. The zero-order chi connectivity index (χ0) is 25.7. The van der Waals surface area contributed by atoms with Gasteiger partial charge in [-0.25, -0.2) is 4.98 Å².